The fraction of sp³-hybridized carbons (Fsp3) is 0.0833. The third-order valence-electron chi connectivity index (χ3n) is 2.22. The molecule has 1 aromatic heterocycles. The van der Waals surface area contributed by atoms with Crippen LogP contribution in [0.4, 0.5) is 5.69 Å². The van der Waals surface area contributed by atoms with Crippen molar-refractivity contribution in [3.63, 3.8) is 0 Å². The minimum Gasteiger partial charge on any atom is -0.465 e. The zero-order valence-corrected chi connectivity index (χ0v) is 9.54. The Morgan fingerprint density at radius 1 is 1.28 bits per heavy atom. The molecule has 2 rings (SSSR count). The predicted molar refractivity (Wildman–Crippen MR) is 62.2 cm³/mol. The number of aromatic nitrogens is 1. The van der Waals surface area contributed by atoms with Crippen molar-refractivity contribution in [2.75, 3.05) is 12.4 Å². The van der Waals surface area contributed by atoms with Crippen LogP contribution >= 0.6 is 0 Å². The molecule has 0 aliphatic heterocycles. The molecule has 0 unspecified atom stereocenters. The Morgan fingerprint density at radius 2 is 2.00 bits per heavy atom. The second-order valence-corrected chi connectivity index (χ2v) is 3.39. The molecular formula is C12H10N2O4. The average Bonchev–Trinajstić information content (AvgIpc) is 2.92. The third-order valence-corrected chi connectivity index (χ3v) is 2.22. The first kappa shape index (κ1) is 11.8. The number of anilines is 1. The summed E-state index contributed by atoms with van der Waals surface area (Å²) < 4.78 is 9.42. The van der Waals surface area contributed by atoms with Crippen molar-refractivity contribution in [1.82, 2.24) is 4.98 Å². The van der Waals surface area contributed by atoms with Crippen LogP contribution in [0.2, 0.25) is 0 Å². The van der Waals surface area contributed by atoms with E-state index in [2.05, 4.69) is 15.0 Å². The Balaban J connectivity index is 2.07. The lowest BCUT2D eigenvalue weighted by Gasteiger charge is -2.03. The van der Waals surface area contributed by atoms with Crippen molar-refractivity contribution in [3.8, 4) is 0 Å². The molecule has 2 aromatic rings. The maximum absolute atomic E-state index is 11.6. The molecule has 0 saturated carbocycles. The minimum absolute atomic E-state index is 0.118. The van der Waals surface area contributed by atoms with Gasteiger partial charge in [0, 0.05) is 5.69 Å². The number of hydrogen-bond acceptors (Lipinski definition) is 5. The van der Waals surface area contributed by atoms with Crippen LogP contribution in [-0.4, -0.2) is 24.0 Å². The van der Waals surface area contributed by atoms with Crippen LogP contribution in [0, 0.1) is 0 Å². The predicted octanol–water partition coefficient (Wildman–Crippen LogP) is 1.71. The highest BCUT2D eigenvalue weighted by Gasteiger charge is 2.10. The lowest BCUT2D eigenvalue weighted by Crippen LogP contribution is -2.11. The van der Waals surface area contributed by atoms with E-state index in [-0.39, 0.29) is 5.76 Å². The van der Waals surface area contributed by atoms with Gasteiger partial charge in [-0.05, 0) is 24.3 Å². The summed E-state index contributed by atoms with van der Waals surface area (Å²) >= 11 is 0. The molecule has 6 heteroatoms. The van der Waals surface area contributed by atoms with Crippen molar-refractivity contribution in [1.29, 1.82) is 0 Å². The number of nitrogens with zero attached hydrogens (tertiary/aromatic N) is 1. The Labute approximate surface area is 103 Å². The minimum atomic E-state index is -0.428. The van der Waals surface area contributed by atoms with Gasteiger partial charge in [0.15, 0.2) is 6.39 Å². The number of amides is 1. The summed E-state index contributed by atoms with van der Waals surface area (Å²) in [6.45, 7) is 0. The van der Waals surface area contributed by atoms with Crippen LogP contribution in [-0.2, 0) is 4.74 Å². The molecule has 1 amide bonds. The molecule has 92 valence electrons. The first-order valence-electron chi connectivity index (χ1n) is 5.09. The number of hydrogen-bond donors (Lipinski definition) is 1. The van der Waals surface area contributed by atoms with Crippen LogP contribution in [0.15, 0.2) is 41.3 Å². The van der Waals surface area contributed by atoms with Gasteiger partial charge >= 0.3 is 5.97 Å². The van der Waals surface area contributed by atoms with Crippen LogP contribution < -0.4 is 5.32 Å². The summed E-state index contributed by atoms with van der Waals surface area (Å²) in [5, 5.41) is 2.60. The topological polar surface area (TPSA) is 81.4 Å². The van der Waals surface area contributed by atoms with Gasteiger partial charge in [-0.15, -0.1) is 0 Å². The summed E-state index contributed by atoms with van der Waals surface area (Å²) in [6.07, 6.45) is 2.49. The summed E-state index contributed by atoms with van der Waals surface area (Å²) in [7, 11) is 1.31. The van der Waals surface area contributed by atoms with Crippen molar-refractivity contribution in [2.24, 2.45) is 0 Å². The highest BCUT2D eigenvalue weighted by atomic mass is 16.5. The quantitative estimate of drug-likeness (QED) is 0.834. The van der Waals surface area contributed by atoms with Crippen molar-refractivity contribution in [2.45, 2.75) is 0 Å². The monoisotopic (exact) mass is 246 g/mol. The molecule has 0 fully saturated rings. The third kappa shape index (κ3) is 2.54. The number of nitrogens with one attached hydrogen (secondary N) is 1. The molecule has 0 aliphatic rings. The standard InChI is InChI=1S/C12H10N2O4/c1-17-12(16)8-2-4-9(5-3-8)14-11(15)10-6-13-7-18-10/h2-7H,1H3,(H,14,15). The SMILES string of the molecule is COC(=O)c1ccc(NC(=O)c2cnco2)cc1. The first-order valence-corrected chi connectivity index (χ1v) is 5.09. The normalized spacial score (nSPS) is 9.83. The van der Waals surface area contributed by atoms with E-state index in [0.717, 1.165) is 0 Å². The molecule has 18 heavy (non-hydrogen) atoms. The van der Waals surface area contributed by atoms with Crippen molar-refractivity contribution >= 4 is 17.6 Å². The number of carbonyl (C=O) groups is 2. The maximum atomic E-state index is 11.6. The van der Waals surface area contributed by atoms with Gasteiger partial charge in [-0.1, -0.05) is 0 Å². The fourth-order valence-electron chi connectivity index (χ4n) is 1.33. The number of carbonyl (C=O) groups excluding carboxylic acids is 2. The Hall–Kier alpha value is -2.63. The molecular weight excluding hydrogens is 236 g/mol. The van der Waals surface area contributed by atoms with Gasteiger partial charge in [0.2, 0.25) is 5.76 Å². The van der Waals surface area contributed by atoms with Gasteiger partial charge in [-0.3, -0.25) is 4.79 Å². The van der Waals surface area contributed by atoms with E-state index in [0.29, 0.717) is 11.3 Å². The molecule has 0 bridgehead atoms. The Bertz CT molecular complexity index is 546. The van der Waals surface area contributed by atoms with E-state index >= 15 is 0 Å². The Morgan fingerprint density at radius 3 is 2.56 bits per heavy atom. The summed E-state index contributed by atoms with van der Waals surface area (Å²) in [5.74, 6) is -0.714. The van der Waals surface area contributed by atoms with Crippen LogP contribution in [0.3, 0.4) is 0 Å². The smallest absolute Gasteiger partial charge is 0.337 e. The summed E-state index contributed by atoms with van der Waals surface area (Å²) in [6, 6.07) is 6.31. The fourth-order valence-corrected chi connectivity index (χ4v) is 1.33. The number of oxazole rings is 1. The molecule has 0 atom stereocenters. The van der Waals surface area contributed by atoms with Crippen LogP contribution in [0.25, 0.3) is 0 Å². The van der Waals surface area contributed by atoms with E-state index in [1.54, 1.807) is 24.3 Å². The van der Waals surface area contributed by atoms with E-state index < -0.39 is 11.9 Å². The lowest BCUT2D eigenvalue weighted by atomic mass is 10.2. The molecule has 6 nitrogen and oxygen atoms in total. The second kappa shape index (κ2) is 5.13. The summed E-state index contributed by atoms with van der Waals surface area (Å²) in [5.41, 5.74) is 0.958. The first-order chi connectivity index (χ1) is 8.70. The Kier molecular flexibility index (Phi) is 3.38. The zero-order chi connectivity index (χ0) is 13.0. The highest BCUT2D eigenvalue weighted by molar-refractivity contribution is 6.02. The van der Waals surface area contributed by atoms with E-state index in [1.165, 1.54) is 19.7 Å². The molecule has 1 aromatic carbocycles. The molecule has 0 aliphatic carbocycles. The molecule has 0 radical (unpaired) electrons. The molecule has 0 saturated heterocycles. The number of esters is 1. The van der Waals surface area contributed by atoms with E-state index in [4.69, 9.17) is 4.42 Å². The van der Waals surface area contributed by atoms with Crippen molar-refractivity contribution in [3.05, 3.63) is 48.2 Å². The average molecular weight is 246 g/mol. The number of rotatable bonds is 3. The maximum Gasteiger partial charge on any atom is 0.337 e. The van der Waals surface area contributed by atoms with Gasteiger partial charge in [0.25, 0.3) is 5.91 Å². The summed E-state index contributed by atoms with van der Waals surface area (Å²) in [4.78, 5) is 26.5. The van der Waals surface area contributed by atoms with Crippen LogP contribution in [0.5, 0.6) is 0 Å². The van der Waals surface area contributed by atoms with E-state index in [9.17, 15) is 9.59 Å². The number of methoxy groups -OCH3 is 1. The van der Waals surface area contributed by atoms with Crippen LogP contribution in [0.1, 0.15) is 20.9 Å². The van der Waals surface area contributed by atoms with Crippen molar-refractivity contribution < 1.29 is 18.7 Å². The van der Waals surface area contributed by atoms with Gasteiger partial charge in [0.1, 0.15) is 0 Å². The number of benzene rings is 1. The van der Waals surface area contributed by atoms with Gasteiger partial charge in [0.05, 0.1) is 18.9 Å². The zero-order valence-electron chi connectivity index (χ0n) is 9.54. The molecule has 1 N–H and O–H groups in total. The molecule has 0 spiro atoms. The van der Waals surface area contributed by atoms with Gasteiger partial charge < -0.3 is 14.5 Å². The largest absolute Gasteiger partial charge is 0.465 e. The van der Waals surface area contributed by atoms with E-state index in [1.807, 2.05) is 0 Å². The second-order valence-electron chi connectivity index (χ2n) is 3.39. The van der Waals surface area contributed by atoms with Gasteiger partial charge in [-0.2, -0.15) is 0 Å². The molecule has 1 heterocycles. The van der Waals surface area contributed by atoms with Gasteiger partial charge in [-0.25, -0.2) is 9.78 Å². The lowest BCUT2D eigenvalue weighted by molar-refractivity contribution is 0.0600. The number of ether oxygens (including phenoxy) is 1. The highest BCUT2D eigenvalue weighted by Crippen LogP contribution is 2.11.